The Labute approximate surface area is 165 Å². The molecule has 0 saturated heterocycles. The summed E-state index contributed by atoms with van der Waals surface area (Å²) in [7, 11) is -2.21. The van der Waals surface area contributed by atoms with Gasteiger partial charge in [0.2, 0.25) is 0 Å². The van der Waals surface area contributed by atoms with Crippen LogP contribution in [0.1, 0.15) is 22.3 Å². The first kappa shape index (κ1) is 22.6. The minimum atomic E-state index is -2.21. The Kier molecular flexibility index (Phi) is 10.9. The summed E-state index contributed by atoms with van der Waals surface area (Å²) in [6.45, 7) is 1.64. The third-order valence-electron chi connectivity index (χ3n) is 3.73. The van der Waals surface area contributed by atoms with Gasteiger partial charge in [-0.1, -0.05) is 48.5 Å². The summed E-state index contributed by atoms with van der Waals surface area (Å²) in [6, 6.07) is 14.9. The molecule has 0 fully saturated rings. The first-order valence-corrected chi connectivity index (χ1v) is 10.1. The van der Waals surface area contributed by atoms with Crippen molar-refractivity contribution in [1.82, 2.24) is 0 Å². The molecule has 0 bridgehead atoms. The summed E-state index contributed by atoms with van der Waals surface area (Å²) in [6.07, 6.45) is 0. The van der Waals surface area contributed by atoms with Gasteiger partial charge in [-0.25, -0.2) is 0 Å². The lowest BCUT2D eigenvalue weighted by Gasteiger charge is -2.04. The monoisotopic (exact) mass is 409 g/mol. The lowest BCUT2D eigenvalue weighted by Crippen LogP contribution is -2.04. The normalized spacial score (nSPS) is 10.9. The largest absolute Gasteiger partial charge is 0.697 e. The number of benzene rings is 2. The molecule has 0 atom stereocenters. The van der Waals surface area contributed by atoms with Crippen molar-refractivity contribution in [3.63, 3.8) is 0 Å². The molecule has 2 aromatic carbocycles. The van der Waals surface area contributed by atoms with E-state index < -0.39 is 8.25 Å². The van der Waals surface area contributed by atoms with Crippen LogP contribution in [-0.2, 0) is 49.5 Å². The minimum Gasteiger partial charge on any atom is -0.392 e. The van der Waals surface area contributed by atoms with Gasteiger partial charge in [-0.05, 0) is 22.3 Å². The highest BCUT2D eigenvalue weighted by atomic mass is 31.1. The van der Waals surface area contributed by atoms with E-state index in [0.717, 1.165) is 22.3 Å². The van der Waals surface area contributed by atoms with Crippen LogP contribution in [0.25, 0.3) is 0 Å². The summed E-state index contributed by atoms with van der Waals surface area (Å²) < 4.78 is 32.6. The molecule has 0 aliphatic heterocycles. The van der Waals surface area contributed by atoms with E-state index in [9.17, 15) is 4.57 Å². The maximum absolute atomic E-state index is 11.6. The number of hydrogen-bond donors (Lipinski definition) is 2. The van der Waals surface area contributed by atoms with Gasteiger partial charge in [-0.3, -0.25) is 0 Å². The SMILES string of the molecule is O=[P+](OCCOCc1cccc(CO)c1)OCCOCc1cccc(CO)c1. The van der Waals surface area contributed by atoms with E-state index in [1.54, 1.807) is 0 Å². The molecule has 0 unspecified atom stereocenters. The van der Waals surface area contributed by atoms with Gasteiger partial charge in [0.05, 0.1) is 39.6 Å². The lowest BCUT2D eigenvalue weighted by atomic mass is 10.1. The van der Waals surface area contributed by atoms with Crippen molar-refractivity contribution in [2.75, 3.05) is 26.4 Å². The van der Waals surface area contributed by atoms with E-state index in [2.05, 4.69) is 0 Å². The molecule has 28 heavy (non-hydrogen) atoms. The maximum atomic E-state index is 11.6. The minimum absolute atomic E-state index is 0.00642. The zero-order chi connectivity index (χ0) is 20.0. The standard InChI is InChI=1S/C20H26O7P/c21-13-17-3-1-5-19(11-17)15-24-7-9-26-28(23)27-10-8-25-16-20-6-2-4-18(12-20)14-22/h1-6,11-12,21-22H,7-10,13-16H2/q+1. The Morgan fingerprint density at radius 1 is 0.679 bits per heavy atom. The fourth-order valence-electron chi connectivity index (χ4n) is 2.39. The number of aliphatic hydroxyl groups is 2. The van der Waals surface area contributed by atoms with Crippen molar-refractivity contribution in [2.45, 2.75) is 26.4 Å². The van der Waals surface area contributed by atoms with Gasteiger partial charge in [-0.2, -0.15) is 0 Å². The highest BCUT2D eigenvalue weighted by molar-refractivity contribution is 7.33. The van der Waals surface area contributed by atoms with Gasteiger partial charge in [-0.15, -0.1) is 9.05 Å². The van der Waals surface area contributed by atoms with Crippen LogP contribution in [0.5, 0.6) is 0 Å². The highest BCUT2D eigenvalue weighted by Crippen LogP contribution is 2.22. The Hall–Kier alpha value is -1.70. The summed E-state index contributed by atoms with van der Waals surface area (Å²) in [5.74, 6) is 0. The van der Waals surface area contributed by atoms with Crippen molar-refractivity contribution in [2.24, 2.45) is 0 Å². The molecule has 2 rings (SSSR count). The molecular formula is C20H26O7P+. The van der Waals surface area contributed by atoms with Gasteiger partial charge in [0.1, 0.15) is 13.2 Å². The van der Waals surface area contributed by atoms with Crippen molar-refractivity contribution in [3.05, 3.63) is 70.8 Å². The number of hydrogen-bond acceptors (Lipinski definition) is 7. The van der Waals surface area contributed by atoms with Gasteiger partial charge in [0.15, 0.2) is 0 Å². The van der Waals surface area contributed by atoms with Gasteiger partial charge >= 0.3 is 8.25 Å². The second-order valence-electron chi connectivity index (χ2n) is 5.95. The molecule has 0 spiro atoms. The van der Waals surface area contributed by atoms with E-state index in [-0.39, 0.29) is 39.6 Å². The van der Waals surface area contributed by atoms with E-state index in [4.69, 9.17) is 28.7 Å². The predicted octanol–water partition coefficient (Wildman–Crippen LogP) is 3.10. The Balaban J connectivity index is 1.48. The highest BCUT2D eigenvalue weighted by Gasteiger charge is 2.19. The summed E-state index contributed by atoms with van der Waals surface area (Å²) in [4.78, 5) is 0. The number of rotatable bonds is 14. The average molecular weight is 409 g/mol. The van der Waals surface area contributed by atoms with Crippen LogP contribution in [0, 0.1) is 0 Å². The molecule has 0 aliphatic rings. The molecule has 0 saturated carbocycles. The van der Waals surface area contributed by atoms with Gasteiger partial charge in [0.25, 0.3) is 0 Å². The molecule has 0 aliphatic carbocycles. The summed E-state index contributed by atoms with van der Waals surface area (Å²) in [5.41, 5.74) is 3.57. The number of aliphatic hydroxyl groups excluding tert-OH is 2. The zero-order valence-corrected chi connectivity index (χ0v) is 16.6. The molecule has 152 valence electrons. The van der Waals surface area contributed by atoms with Crippen LogP contribution in [-0.4, -0.2) is 36.6 Å². The average Bonchev–Trinajstić information content (AvgIpc) is 2.73. The second kappa shape index (κ2) is 13.5. The van der Waals surface area contributed by atoms with Crippen LogP contribution in [0.4, 0.5) is 0 Å². The van der Waals surface area contributed by atoms with E-state index in [1.165, 1.54) is 0 Å². The smallest absolute Gasteiger partial charge is 0.392 e. The van der Waals surface area contributed by atoms with E-state index in [1.807, 2.05) is 48.5 Å². The third-order valence-corrected chi connectivity index (χ3v) is 4.52. The third kappa shape index (κ3) is 8.99. The first-order chi connectivity index (χ1) is 13.7. The molecule has 0 amide bonds. The topological polar surface area (TPSA) is 94.5 Å². The molecule has 2 N–H and O–H groups in total. The summed E-state index contributed by atoms with van der Waals surface area (Å²) >= 11 is 0. The van der Waals surface area contributed by atoms with Crippen LogP contribution in [0.3, 0.4) is 0 Å². The van der Waals surface area contributed by atoms with E-state index >= 15 is 0 Å². The lowest BCUT2D eigenvalue weighted by molar-refractivity contribution is 0.0700. The Morgan fingerprint density at radius 2 is 1.11 bits per heavy atom. The predicted molar refractivity (Wildman–Crippen MR) is 104 cm³/mol. The molecule has 7 nitrogen and oxygen atoms in total. The quantitative estimate of drug-likeness (QED) is 0.366. The van der Waals surface area contributed by atoms with Crippen molar-refractivity contribution in [1.29, 1.82) is 0 Å². The van der Waals surface area contributed by atoms with Crippen molar-refractivity contribution in [3.8, 4) is 0 Å². The molecule has 2 aromatic rings. The molecular weight excluding hydrogens is 383 g/mol. The van der Waals surface area contributed by atoms with Crippen molar-refractivity contribution >= 4 is 8.25 Å². The van der Waals surface area contributed by atoms with Gasteiger partial charge < -0.3 is 19.7 Å². The Morgan fingerprint density at radius 3 is 1.54 bits per heavy atom. The number of ether oxygens (including phenoxy) is 2. The fourth-order valence-corrected chi connectivity index (χ4v) is 2.92. The van der Waals surface area contributed by atoms with Gasteiger partial charge in [0, 0.05) is 4.57 Å². The van der Waals surface area contributed by atoms with Crippen LogP contribution in [0.15, 0.2) is 48.5 Å². The second-order valence-corrected chi connectivity index (χ2v) is 6.91. The molecule has 8 heteroatoms. The maximum Gasteiger partial charge on any atom is 0.697 e. The van der Waals surface area contributed by atoms with E-state index in [0.29, 0.717) is 13.2 Å². The fraction of sp³-hybridized carbons (Fsp3) is 0.400. The summed E-state index contributed by atoms with van der Waals surface area (Å²) in [5, 5.41) is 18.2. The molecule has 0 heterocycles. The molecule has 0 radical (unpaired) electrons. The Bertz CT molecular complexity index is 664. The molecule has 0 aromatic heterocycles. The first-order valence-electron chi connectivity index (χ1n) is 8.97. The zero-order valence-electron chi connectivity index (χ0n) is 15.7. The van der Waals surface area contributed by atoms with Crippen LogP contribution in [0.2, 0.25) is 0 Å². The van der Waals surface area contributed by atoms with Crippen molar-refractivity contribution < 1.29 is 33.3 Å². The van der Waals surface area contributed by atoms with Crippen LogP contribution >= 0.6 is 8.25 Å². The van der Waals surface area contributed by atoms with Crippen LogP contribution < -0.4 is 0 Å².